The highest BCUT2D eigenvalue weighted by Gasteiger charge is 2.31. The zero-order chi connectivity index (χ0) is 13.2. The average molecular weight is 263 g/mol. The summed E-state index contributed by atoms with van der Waals surface area (Å²) in [6.45, 7) is 7.72. The van der Waals surface area contributed by atoms with Crippen molar-refractivity contribution in [2.75, 3.05) is 13.1 Å². The van der Waals surface area contributed by atoms with Crippen LogP contribution in [-0.4, -0.2) is 44.8 Å². The molecule has 1 aromatic rings. The molecule has 0 aromatic carbocycles. The smallest absolute Gasteiger partial charge is 0.141 e. The summed E-state index contributed by atoms with van der Waals surface area (Å²) in [7, 11) is 0. The quantitative estimate of drug-likeness (QED) is 0.896. The third-order valence-corrected chi connectivity index (χ3v) is 4.51. The molecule has 0 bridgehead atoms. The summed E-state index contributed by atoms with van der Waals surface area (Å²) in [5.74, 6) is 1.06. The first-order valence-electron chi connectivity index (χ1n) is 7.60. The van der Waals surface area contributed by atoms with Crippen LogP contribution in [-0.2, 0) is 6.54 Å². The minimum atomic E-state index is 0.385. The molecule has 0 radical (unpaired) electrons. The van der Waals surface area contributed by atoms with E-state index in [0.29, 0.717) is 12.1 Å². The van der Waals surface area contributed by atoms with Crippen molar-refractivity contribution in [3.63, 3.8) is 0 Å². The van der Waals surface area contributed by atoms with Crippen LogP contribution in [0.25, 0.3) is 0 Å². The summed E-state index contributed by atoms with van der Waals surface area (Å²) in [4.78, 5) is 7.03. The Balaban J connectivity index is 1.53. The number of fused-ring (bicyclic) bond motifs is 1. The van der Waals surface area contributed by atoms with Crippen LogP contribution in [0.3, 0.4) is 0 Å². The summed E-state index contributed by atoms with van der Waals surface area (Å²) < 4.78 is 2.01. The Hall–Kier alpha value is -0.940. The molecule has 0 spiro atoms. The Morgan fingerprint density at radius 1 is 1.37 bits per heavy atom. The molecule has 3 heterocycles. The van der Waals surface area contributed by atoms with Crippen molar-refractivity contribution in [2.45, 2.75) is 64.2 Å². The van der Waals surface area contributed by atoms with E-state index in [2.05, 4.69) is 34.1 Å². The van der Waals surface area contributed by atoms with Crippen molar-refractivity contribution >= 4 is 0 Å². The van der Waals surface area contributed by atoms with E-state index in [1.165, 1.54) is 38.8 Å². The number of aromatic nitrogens is 3. The highest BCUT2D eigenvalue weighted by Crippen LogP contribution is 2.26. The van der Waals surface area contributed by atoms with E-state index in [4.69, 9.17) is 0 Å². The molecular formula is C14H25N5. The molecule has 1 N–H and O–H groups in total. The van der Waals surface area contributed by atoms with Crippen LogP contribution in [0.1, 0.15) is 51.4 Å². The Kier molecular flexibility index (Phi) is 3.84. The number of piperidine rings is 1. The monoisotopic (exact) mass is 263 g/mol. The van der Waals surface area contributed by atoms with Gasteiger partial charge in [0.05, 0.1) is 6.54 Å². The fourth-order valence-corrected chi connectivity index (χ4v) is 3.48. The lowest BCUT2D eigenvalue weighted by atomic mass is 9.97. The van der Waals surface area contributed by atoms with Gasteiger partial charge in [-0.3, -0.25) is 0 Å². The van der Waals surface area contributed by atoms with E-state index in [-0.39, 0.29) is 0 Å². The molecule has 0 aliphatic carbocycles. The van der Waals surface area contributed by atoms with Gasteiger partial charge in [0.25, 0.3) is 0 Å². The minimum Gasteiger partial charge on any atom is -0.307 e. The van der Waals surface area contributed by atoms with Crippen LogP contribution in [0.4, 0.5) is 0 Å². The van der Waals surface area contributed by atoms with Gasteiger partial charge in [-0.2, -0.15) is 5.10 Å². The highest BCUT2D eigenvalue weighted by molar-refractivity contribution is 4.92. The molecule has 3 rings (SSSR count). The fraction of sp³-hybridized carbons (Fsp3) is 0.857. The molecule has 0 saturated carbocycles. The molecule has 1 aromatic heterocycles. The molecule has 2 atom stereocenters. The van der Waals surface area contributed by atoms with Gasteiger partial charge in [-0.05, 0) is 52.6 Å². The molecule has 19 heavy (non-hydrogen) atoms. The first kappa shape index (κ1) is 13.1. The number of nitrogens with one attached hydrogen (secondary N) is 1. The van der Waals surface area contributed by atoms with E-state index in [0.717, 1.165) is 18.4 Å². The van der Waals surface area contributed by atoms with Crippen LogP contribution < -0.4 is 5.32 Å². The van der Waals surface area contributed by atoms with Crippen molar-refractivity contribution in [1.29, 1.82) is 0 Å². The Labute approximate surface area is 115 Å². The summed E-state index contributed by atoms with van der Waals surface area (Å²) in [5.41, 5.74) is 0. The summed E-state index contributed by atoms with van der Waals surface area (Å²) in [6, 6.07) is 1.86. The summed E-state index contributed by atoms with van der Waals surface area (Å²) in [6.07, 6.45) is 7.01. The van der Waals surface area contributed by atoms with Crippen LogP contribution in [0, 0.1) is 0 Å². The number of hydrogen-bond donors (Lipinski definition) is 1. The lowest BCUT2D eigenvalue weighted by Crippen LogP contribution is -2.45. The molecule has 2 fully saturated rings. The van der Waals surface area contributed by atoms with Gasteiger partial charge in [0.1, 0.15) is 12.2 Å². The maximum absolute atomic E-state index is 4.37. The van der Waals surface area contributed by atoms with E-state index >= 15 is 0 Å². The second-order valence-electron chi connectivity index (χ2n) is 6.15. The zero-order valence-corrected chi connectivity index (χ0v) is 12.0. The van der Waals surface area contributed by atoms with Crippen LogP contribution in [0.15, 0.2) is 6.33 Å². The molecular weight excluding hydrogens is 238 g/mol. The highest BCUT2D eigenvalue weighted by atomic mass is 15.4. The van der Waals surface area contributed by atoms with Crippen molar-refractivity contribution < 1.29 is 0 Å². The van der Waals surface area contributed by atoms with Gasteiger partial charge < -0.3 is 10.2 Å². The molecule has 2 unspecified atom stereocenters. The third kappa shape index (κ3) is 2.82. The maximum atomic E-state index is 4.37. The van der Waals surface area contributed by atoms with Crippen molar-refractivity contribution in [3.05, 3.63) is 12.2 Å². The van der Waals surface area contributed by atoms with Gasteiger partial charge in [0.2, 0.25) is 0 Å². The van der Waals surface area contributed by atoms with Crippen LogP contribution in [0.5, 0.6) is 0 Å². The van der Waals surface area contributed by atoms with Gasteiger partial charge in [0, 0.05) is 18.1 Å². The largest absolute Gasteiger partial charge is 0.307 e. The van der Waals surface area contributed by atoms with E-state index in [1.54, 1.807) is 6.33 Å². The molecule has 2 saturated heterocycles. The normalized spacial score (nSPS) is 27.9. The minimum absolute atomic E-state index is 0.385. The average Bonchev–Trinajstić information content (AvgIpc) is 3.04. The number of nitrogens with zero attached hydrogens (tertiary/aromatic N) is 4. The van der Waals surface area contributed by atoms with Gasteiger partial charge >= 0.3 is 0 Å². The van der Waals surface area contributed by atoms with Crippen molar-refractivity contribution in [1.82, 2.24) is 25.0 Å². The standard InChI is InChI=1S/C14H25N5/c1-11(2)19-14(16-10-17-19)9-15-12-5-7-18-6-3-4-13(18)8-12/h10-13,15H,3-9H2,1-2H3. The predicted molar refractivity (Wildman–Crippen MR) is 74.9 cm³/mol. The number of rotatable bonds is 4. The fourth-order valence-electron chi connectivity index (χ4n) is 3.48. The van der Waals surface area contributed by atoms with Gasteiger partial charge in [-0.25, -0.2) is 9.67 Å². The van der Waals surface area contributed by atoms with Gasteiger partial charge in [-0.15, -0.1) is 0 Å². The first-order valence-corrected chi connectivity index (χ1v) is 7.60. The van der Waals surface area contributed by atoms with Gasteiger partial charge in [0.15, 0.2) is 0 Å². The van der Waals surface area contributed by atoms with Crippen LogP contribution >= 0.6 is 0 Å². The SMILES string of the molecule is CC(C)n1ncnc1CNC1CCN2CCCC2C1. The third-order valence-electron chi connectivity index (χ3n) is 4.51. The maximum Gasteiger partial charge on any atom is 0.141 e. The molecule has 106 valence electrons. The zero-order valence-electron chi connectivity index (χ0n) is 12.0. The molecule has 2 aliphatic rings. The lowest BCUT2D eigenvalue weighted by molar-refractivity contribution is 0.166. The van der Waals surface area contributed by atoms with Crippen molar-refractivity contribution in [2.24, 2.45) is 0 Å². The lowest BCUT2D eigenvalue weighted by Gasteiger charge is -2.35. The van der Waals surface area contributed by atoms with Crippen molar-refractivity contribution in [3.8, 4) is 0 Å². The topological polar surface area (TPSA) is 46.0 Å². The van der Waals surface area contributed by atoms with Gasteiger partial charge in [-0.1, -0.05) is 0 Å². The molecule has 0 amide bonds. The van der Waals surface area contributed by atoms with E-state index in [9.17, 15) is 0 Å². The Bertz CT molecular complexity index is 414. The molecule has 5 nitrogen and oxygen atoms in total. The predicted octanol–water partition coefficient (Wildman–Crippen LogP) is 1.58. The second kappa shape index (κ2) is 5.59. The Morgan fingerprint density at radius 2 is 2.26 bits per heavy atom. The first-order chi connectivity index (χ1) is 9.24. The van der Waals surface area contributed by atoms with Crippen LogP contribution in [0.2, 0.25) is 0 Å². The summed E-state index contributed by atoms with van der Waals surface area (Å²) >= 11 is 0. The Morgan fingerprint density at radius 3 is 3.11 bits per heavy atom. The summed E-state index contributed by atoms with van der Waals surface area (Å²) in [5, 5.41) is 7.97. The molecule has 5 heteroatoms. The molecule has 2 aliphatic heterocycles. The number of hydrogen-bond acceptors (Lipinski definition) is 4. The van der Waals surface area contributed by atoms with E-state index in [1.807, 2.05) is 4.68 Å². The van der Waals surface area contributed by atoms with E-state index < -0.39 is 0 Å². The second-order valence-corrected chi connectivity index (χ2v) is 6.15.